The molecule has 2 N–H and O–H groups in total. The Labute approximate surface area is 108 Å². The normalized spacial score (nSPS) is 11.6. The van der Waals surface area contributed by atoms with Crippen LogP contribution in [0.25, 0.3) is 0 Å². The van der Waals surface area contributed by atoms with Crippen LogP contribution in [0, 0.1) is 0 Å². The molecule has 4 heteroatoms. The molecule has 17 heavy (non-hydrogen) atoms. The zero-order valence-corrected chi connectivity index (χ0v) is 11.3. The summed E-state index contributed by atoms with van der Waals surface area (Å²) in [5.74, 6) is 0.694. The van der Waals surface area contributed by atoms with E-state index in [-0.39, 0.29) is 0 Å². The van der Waals surface area contributed by atoms with Crippen LogP contribution in [0.1, 0.15) is 19.4 Å². The molecular formula is C13H20ClNO2. The summed E-state index contributed by atoms with van der Waals surface area (Å²) in [6.45, 7) is 4.96. The minimum atomic E-state index is -0.669. The summed E-state index contributed by atoms with van der Waals surface area (Å²) in [6.07, 6.45) is 0.875. The number of aliphatic hydroxyl groups is 1. The monoisotopic (exact) mass is 257 g/mol. The Hall–Kier alpha value is -0.770. The van der Waals surface area contributed by atoms with E-state index in [0.717, 1.165) is 18.5 Å². The van der Waals surface area contributed by atoms with E-state index in [1.54, 1.807) is 21.0 Å². The first-order valence-electron chi connectivity index (χ1n) is 5.68. The van der Waals surface area contributed by atoms with Crippen molar-refractivity contribution in [3.05, 3.63) is 28.8 Å². The van der Waals surface area contributed by atoms with Crippen molar-refractivity contribution in [1.29, 1.82) is 0 Å². The highest BCUT2D eigenvalue weighted by Crippen LogP contribution is 2.24. The van der Waals surface area contributed by atoms with Gasteiger partial charge in [-0.2, -0.15) is 0 Å². The van der Waals surface area contributed by atoms with Gasteiger partial charge >= 0.3 is 0 Å². The lowest BCUT2D eigenvalue weighted by Gasteiger charge is -2.17. The molecule has 1 aromatic carbocycles. The molecule has 1 aromatic rings. The van der Waals surface area contributed by atoms with Crippen molar-refractivity contribution >= 4 is 11.6 Å². The number of benzene rings is 1. The maximum Gasteiger partial charge on any atom is 0.137 e. The van der Waals surface area contributed by atoms with Crippen LogP contribution in [0.4, 0.5) is 0 Å². The third kappa shape index (κ3) is 5.39. The van der Waals surface area contributed by atoms with Crippen molar-refractivity contribution in [3.8, 4) is 5.75 Å². The average Bonchev–Trinajstić information content (AvgIpc) is 2.23. The van der Waals surface area contributed by atoms with Crippen molar-refractivity contribution in [3.63, 3.8) is 0 Å². The summed E-state index contributed by atoms with van der Waals surface area (Å²) < 4.78 is 5.09. The van der Waals surface area contributed by atoms with Gasteiger partial charge in [-0.05, 0) is 44.5 Å². The van der Waals surface area contributed by atoms with Crippen molar-refractivity contribution in [2.24, 2.45) is 0 Å². The molecule has 0 bridgehead atoms. The van der Waals surface area contributed by atoms with Gasteiger partial charge in [0.15, 0.2) is 0 Å². The SMILES string of the molecule is COc1ccc(CCNCC(C)(C)O)cc1Cl. The molecule has 0 aromatic heterocycles. The summed E-state index contributed by atoms with van der Waals surface area (Å²) >= 11 is 6.03. The molecule has 0 aliphatic rings. The second-order valence-corrected chi connectivity index (χ2v) is 5.12. The maximum absolute atomic E-state index is 9.53. The molecule has 0 saturated heterocycles. The molecule has 0 saturated carbocycles. The van der Waals surface area contributed by atoms with E-state index in [1.807, 2.05) is 18.2 Å². The molecule has 96 valence electrons. The smallest absolute Gasteiger partial charge is 0.137 e. The fourth-order valence-electron chi connectivity index (χ4n) is 1.49. The summed E-state index contributed by atoms with van der Waals surface area (Å²) in [7, 11) is 1.60. The van der Waals surface area contributed by atoms with E-state index < -0.39 is 5.60 Å². The van der Waals surface area contributed by atoms with E-state index in [1.165, 1.54) is 0 Å². The van der Waals surface area contributed by atoms with Crippen molar-refractivity contribution < 1.29 is 9.84 Å². The van der Waals surface area contributed by atoms with Crippen LogP contribution >= 0.6 is 11.6 Å². The van der Waals surface area contributed by atoms with E-state index >= 15 is 0 Å². The number of hydrogen-bond acceptors (Lipinski definition) is 3. The van der Waals surface area contributed by atoms with Crippen molar-refractivity contribution in [1.82, 2.24) is 5.32 Å². The molecule has 0 aliphatic carbocycles. The Morgan fingerprint density at radius 1 is 1.41 bits per heavy atom. The van der Waals surface area contributed by atoms with Gasteiger partial charge in [0.2, 0.25) is 0 Å². The molecule has 3 nitrogen and oxygen atoms in total. The average molecular weight is 258 g/mol. The van der Waals surface area contributed by atoms with E-state index in [2.05, 4.69) is 5.32 Å². The largest absolute Gasteiger partial charge is 0.495 e. The van der Waals surface area contributed by atoms with Gasteiger partial charge in [-0.1, -0.05) is 17.7 Å². The zero-order chi connectivity index (χ0) is 12.9. The van der Waals surface area contributed by atoms with Gasteiger partial charge in [-0.15, -0.1) is 0 Å². The Balaban J connectivity index is 2.40. The van der Waals surface area contributed by atoms with Crippen molar-refractivity contribution in [2.75, 3.05) is 20.2 Å². The molecular weight excluding hydrogens is 238 g/mol. The number of ether oxygens (including phenoxy) is 1. The van der Waals surface area contributed by atoms with Gasteiger partial charge in [0.1, 0.15) is 5.75 Å². The standard InChI is InChI=1S/C13H20ClNO2/c1-13(2,16)9-15-7-6-10-4-5-12(17-3)11(14)8-10/h4-5,8,15-16H,6-7,9H2,1-3H3. The van der Waals surface area contributed by atoms with Crippen LogP contribution in [-0.2, 0) is 6.42 Å². The lowest BCUT2D eigenvalue weighted by atomic mass is 10.1. The van der Waals surface area contributed by atoms with Crippen molar-refractivity contribution in [2.45, 2.75) is 25.9 Å². The molecule has 0 heterocycles. The molecule has 0 spiro atoms. The minimum absolute atomic E-state index is 0.580. The van der Waals surface area contributed by atoms with Gasteiger partial charge in [0.25, 0.3) is 0 Å². The van der Waals surface area contributed by atoms with Crippen LogP contribution in [0.15, 0.2) is 18.2 Å². The second kappa shape index (κ2) is 6.24. The number of rotatable bonds is 6. The number of halogens is 1. The van der Waals surface area contributed by atoms with Gasteiger partial charge < -0.3 is 15.2 Å². The van der Waals surface area contributed by atoms with Crippen LogP contribution in [0.3, 0.4) is 0 Å². The fourth-order valence-corrected chi connectivity index (χ4v) is 1.77. The molecule has 0 aliphatic heterocycles. The van der Waals surface area contributed by atoms with Gasteiger partial charge in [0.05, 0.1) is 17.7 Å². The van der Waals surface area contributed by atoms with Crippen LogP contribution in [-0.4, -0.2) is 30.9 Å². The van der Waals surface area contributed by atoms with Gasteiger partial charge in [-0.25, -0.2) is 0 Å². The zero-order valence-electron chi connectivity index (χ0n) is 10.6. The van der Waals surface area contributed by atoms with E-state index in [9.17, 15) is 5.11 Å². The molecule has 0 unspecified atom stereocenters. The Bertz CT molecular complexity index is 361. The predicted octanol–water partition coefficient (Wildman–Crippen LogP) is 2.25. The third-order valence-electron chi connectivity index (χ3n) is 2.36. The quantitative estimate of drug-likeness (QED) is 0.768. The summed E-state index contributed by atoms with van der Waals surface area (Å²) in [5.41, 5.74) is 0.483. The van der Waals surface area contributed by atoms with Gasteiger partial charge in [0, 0.05) is 6.54 Å². The molecule has 0 amide bonds. The minimum Gasteiger partial charge on any atom is -0.495 e. The highest BCUT2D eigenvalue weighted by Gasteiger charge is 2.10. The first kappa shape index (κ1) is 14.3. The highest BCUT2D eigenvalue weighted by atomic mass is 35.5. The topological polar surface area (TPSA) is 41.5 Å². The number of methoxy groups -OCH3 is 1. The first-order valence-corrected chi connectivity index (χ1v) is 6.06. The molecule has 0 radical (unpaired) electrons. The Morgan fingerprint density at radius 2 is 2.12 bits per heavy atom. The van der Waals surface area contributed by atoms with Gasteiger partial charge in [-0.3, -0.25) is 0 Å². The molecule has 0 atom stereocenters. The number of nitrogens with one attached hydrogen (secondary N) is 1. The summed E-state index contributed by atoms with van der Waals surface area (Å²) in [4.78, 5) is 0. The van der Waals surface area contributed by atoms with Crippen LogP contribution in [0.5, 0.6) is 5.75 Å². The lowest BCUT2D eigenvalue weighted by Crippen LogP contribution is -2.35. The van der Waals surface area contributed by atoms with Crippen LogP contribution in [0.2, 0.25) is 5.02 Å². The van der Waals surface area contributed by atoms with E-state index in [4.69, 9.17) is 16.3 Å². The van der Waals surface area contributed by atoms with E-state index in [0.29, 0.717) is 17.3 Å². The second-order valence-electron chi connectivity index (χ2n) is 4.71. The highest BCUT2D eigenvalue weighted by molar-refractivity contribution is 6.32. The molecule has 0 fully saturated rings. The number of hydrogen-bond donors (Lipinski definition) is 2. The Morgan fingerprint density at radius 3 is 2.65 bits per heavy atom. The van der Waals surface area contributed by atoms with Crippen LogP contribution < -0.4 is 10.1 Å². The fraction of sp³-hybridized carbons (Fsp3) is 0.538. The molecule has 1 rings (SSSR count). The summed E-state index contributed by atoms with van der Waals surface area (Å²) in [5, 5.41) is 13.4. The summed E-state index contributed by atoms with van der Waals surface area (Å²) in [6, 6.07) is 5.77. The maximum atomic E-state index is 9.53. The predicted molar refractivity (Wildman–Crippen MR) is 70.9 cm³/mol. The Kier molecular flexibility index (Phi) is 5.25. The first-order chi connectivity index (χ1) is 7.92. The third-order valence-corrected chi connectivity index (χ3v) is 2.66. The lowest BCUT2D eigenvalue weighted by molar-refractivity contribution is 0.0801.